The molecule has 0 bridgehead atoms. The molecule has 4 nitrogen and oxygen atoms in total. The lowest BCUT2D eigenvalue weighted by Crippen LogP contribution is -2.52. The molecule has 132 valence electrons. The summed E-state index contributed by atoms with van der Waals surface area (Å²) in [7, 11) is 0. The van der Waals surface area contributed by atoms with Crippen LogP contribution in [0.4, 0.5) is 0 Å². The van der Waals surface area contributed by atoms with Crippen LogP contribution in [0.3, 0.4) is 0 Å². The maximum absolute atomic E-state index is 12.7. The van der Waals surface area contributed by atoms with E-state index in [1.807, 2.05) is 11.8 Å². The smallest absolute Gasteiger partial charge is 0.225 e. The van der Waals surface area contributed by atoms with Crippen molar-refractivity contribution in [3.8, 4) is 0 Å². The van der Waals surface area contributed by atoms with Crippen LogP contribution < -0.4 is 5.32 Å². The number of amides is 2. The molecule has 1 heterocycles. The first kappa shape index (κ1) is 18.5. The van der Waals surface area contributed by atoms with Crippen molar-refractivity contribution >= 4 is 11.8 Å². The lowest BCUT2D eigenvalue weighted by atomic mass is 9.88. The van der Waals surface area contributed by atoms with E-state index in [0.29, 0.717) is 25.3 Å². The Balaban J connectivity index is 2.01. The Morgan fingerprint density at radius 1 is 1.33 bits per heavy atom. The number of likely N-dealkylation sites (tertiary alicyclic amines) is 1. The molecule has 1 aromatic carbocycles. The van der Waals surface area contributed by atoms with Crippen molar-refractivity contribution in [1.82, 2.24) is 10.2 Å². The topological polar surface area (TPSA) is 49.4 Å². The van der Waals surface area contributed by atoms with Crippen molar-refractivity contribution in [1.29, 1.82) is 0 Å². The molecule has 0 aromatic heterocycles. The van der Waals surface area contributed by atoms with Crippen molar-refractivity contribution < 1.29 is 9.59 Å². The molecule has 0 saturated carbocycles. The van der Waals surface area contributed by atoms with E-state index in [0.717, 1.165) is 12.1 Å². The third kappa shape index (κ3) is 4.37. The summed E-state index contributed by atoms with van der Waals surface area (Å²) in [6, 6.07) is 6.25. The highest BCUT2D eigenvalue weighted by molar-refractivity contribution is 5.84. The normalized spacial score (nSPS) is 21.2. The average molecular weight is 330 g/mol. The predicted octanol–water partition coefficient (Wildman–Crippen LogP) is 3.20. The van der Waals surface area contributed by atoms with E-state index < -0.39 is 0 Å². The van der Waals surface area contributed by atoms with Crippen molar-refractivity contribution in [3.63, 3.8) is 0 Å². The monoisotopic (exact) mass is 330 g/mol. The second kappa shape index (κ2) is 7.82. The molecule has 1 saturated heterocycles. The number of hydrogen-bond acceptors (Lipinski definition) is 2. The highest BCUT2D eigenvalue weighted by Gasteiger charge is 2.36. The molecule has 24 heavy (non-hydrogen) atoms. The molecular formula is C20H30N2O2. The molecule has 1 aliphatic rings. The summed E-state index contributed by atoms with van der Waals surface area (Å²) >= 11 is 0. The van der Waals surface area contributed by atoms with Crippen LogP contribution in [0.1, 0.15) is 50.3 Å². The first-order valence-corrected chi connectivity index (χ1v) is 8.93. The van der Waals surface area contributed by atoms with Gasteiger partial charge >= 0.3 is 0 Å². The summed E-state index contributed by atoms with van der Waals surface area (Å²) in [5.74, 6) is 0.527. The Labute approximate surface area is 145 Å². The number of piperidine rings is 1. The maximum Gasteiger partial charge on any atom is 0.225 e. The van der Waals surface area contributed by atoms with Gasteiger partial charge in [0.1, 0.15) is 0 Å². The second-order valence-corrected chi connectivity index (χ2v) is 7.47. The van der Waals surface area contributed by atoms with Gasteiger partial charge in [-0.1, -0.05) is 37.6 Å². The summed E-state index contributed by atoms with van der Waals surface area (Å²) in [5.41, 5.74) is 3.54. The molecule has 0 radical (unpaired) electrons. The summed E-state index contributed by atoms with van der Waals surface area (Å²) < 4.78 is 0. The number of benzene rings is 1. The molecule has 0 spiro atoms. The Kier molecular flexibility index (Phi) is 6.03. The van der Waals surface area contributed by atoms with Crippen molar-refractivity contribution in [2.45, 2.75) is 60.0 Å². The summed E-state index contributed by atoms with van der Waals surface area (Å²) in [5, 5.41) is 3.08. The van der Waals surface area contributed by atoms with Crippen LogP contribution in [0.2, 0.25) is 0 Å². The Hall–Kier alpha value is -1.84. The quantitative estimate of drug-likeness (QED) is 0.901. The lowest BCUT2D eigenvalue weighted by molar-refractivity contribution is -0.143. The summed E-state index contributed by atoms with van der Waals surface area (Å²) in [6.45, 7) is 11.6. The fraction of sp³-hybridized carbons (Fsp3) is 0.600. The first-order chi connectivity index (χ1) is 11.3. The zero-order valence-electron chi connectivity index (χ0n) is 15.6. The molecule has 2 unspecified atom stereocenters. The van der Waals surface area contributed by atoms with Gasteiger partial charge in [0.2, 0.25) is 11.8 Å². The largest absolute Gasteiger partial charge is 0.352 e. The SMILES string of the molecule is Cc1ccc(C)c(CNC(=O)C2CCC(=O)N(CC(C)C)C2C)c1. The van der Waals surface area contributed by atoms with Gasteiger partial charge in [0, 0.05) is 25.6 Å². The molecule has 2 amide bonds. The predicted molar refractivity (Wildman–Crippen MR) is 96.5 cm³/mol. The van der Waals surface area contributed by atoms with Gasteiger partial charge in [-0.3, -0.25) is 9.59 Å². The average Bonchev–Trinajstić information content (AvgIpc) is 2.52. The van der Waals surface area contributed by atoms with Crippen LogP contribution in [0.5, 0.6) is 0 Å². The van der Waals surface area contributed by atoms with Crippen LogP contribution in [0.25, 0.3) is 0 Å². The van der Waals surface area contributed by atoms with Crippen molar-refractivity contribution in [3.05, 3.63) is 34.9 Å². The number of carbonyl (C=O) groups is 2. The van der Waals surface area contributed by atoms with Crippen molar-refractivity contribution in [2.24, 2.45) is 11.8 Å². The molecule has 4 heteroatoms. The molecule has 1 fully saturated rings. The number of carbonyl (C=O) groups excluding carboxylic acids is 2. The minimum Gasteiger partial charge on any atom is -0.352 e. The zero-order valence-corrected chi connectivity index (χ0v) is 15.6. The van der Waals surface area contributed by atoms with Gasteiger partial charge in [0.25, 0.3) is 0 Å². The van der Waals surface area contributed by atoms with Gasteiger partial charge in [0.15, 0.2) is 0 Å². The van der Waals surface area contributed by atoms with Gasteiger partial charge in [-0.15, -0.1) is 0 Å². The molecule has 1 aromatic rings. The molecule has 0 aliphatic carbocycles. The van der Waals surface area contributed by atoms with E-state index in [2.05, 4.69) is 51.2 Å². The molecule has 1 N–H and O–H groups in total. The first-order valence-electron chi connectivity index (χ1n) is 8.93. The van der Waals surface area contributed by atoms with Gasteiger partial charge in [0.05, 0.1) is 5.92 Å². The van der Waals surface area contributed by atoms with Crippen LogP contribution in [-0.2, 0) is 16.1 Å². The number of nitrogens with one attached hydrogen (secondary N) is 1. The van der Waals surface area contributed by atoms with E-state index in [4.69, 9.17) is 0 Å². The van der Waals surface area contributed by atoms with Gasteiger partial charge < -0.3 is 10.2 Å². The van der Waals surface area contributed by atoms with Crippen LogP contribution >= 0.6 is 0 Å². The van der Waals surface area contributed by atoms with Crippen molar-refractivity contribution in [2.75, 3.05) is 6.54 Å². The number of aryl methyl sites for hydroxylation is 2. The van der Waals surface area contributed by atoms with Gasteiger partial charge in [-0.05, 0) is 44.2 Å². The van der Waals surface area contributed by atoms with E-state index in [1.165, 1.54) is 11.1 Å². The third-order valence-corrected chi connectivity index (χ3v) is 4.92. The number of nitrogens with zero attached hydrogens (tertiary/aromatic N) is 1. The lowest BCUT2D eigenvalue weighted by Gasteiger charge is -2.39. The van der Waals surface area contributed by atoms with E-state index in [1.54, 1.807) is 0 Å². The van der Waals surface area contributed by atoms with Crippen LogP contribution in [-0.4, -0.2) is 29.3 Å². The summed E-state index contributed by atoms with van der Waals surface area (Å²) in [6.07, 6.45) is 1.12. The minimum atomic E-state index is -0.119. The number of hydrogen-bond donors (Lipinski definition) is 1. The van der Waals surface area contributed by atoms with E-state index >= 15 is 0 Å². The Bertz CT molecular complexity index is 610. The summed E-state index contributed by atoms with van der Waals surface area (Å²) in [4.78, 5) is 26.7. The number of rotatable bonds is 5. The zero-order chi connectivity index (χ0) is 17.9. The third-order valence-electron chi connectivity index (χ3n) is 4.92. The van der Waals surface area contributed by atoms with Gasteiger partial charge in [-0.2, -0.15) is 0 Å². The molecule has 2 atom stereocenters. The molecule has 2 rings (SSSR count). The molecular weight excluding hydrogens is 300 g/mol. The Morgan fingerprint density at radius 3 is 2.71 bits per heavy atom. The van der Waals surface area contributed by atoms with Crippen LogP contribution in [0.15, 0.2) is 18.2 Å². The van der Waals surface area contributed by atoms with Crippen LogP contribution in [0, 0.1) is 25.7 Å². The molecule has 1 aliphatic heterocycles. The maximum atomic E-state index is 12.7. The highest BCUT2D eigenvalue weighted by Crippen LogP contribution is 2.25. The van der Waals surface area contributed by atoms with E-state index in [-0.39, 0.29) is 23.8 Å². The fourth-order valence-electron chi connectivity index (χ4n) is 3.42. The highest BCUT2D eigenvalue weighted by atomic mass is 16.2. The second-order valence-electron chi connectivity index (χ2n) is 7.47. The standard InChI is InChI=1S/C20H30N2O2/c1-13(2)12-22-16(5)18(8-9-19(22)23)20(24)21-11-17-10-14(3)6-7-15(17)4/h6-7,10,13,16,18H,8-9,11-12H2,1-5H3,(H,21,24). The van der Waals surface area contributed by atoms with Gasteiger partial charge in [-0.25, -0.2) is 0 Å². The minimum absolute atomic E-state index is 0.0349. The Morgan fingerprint density at radius 2 is 2.04 bits per heavy atom. The fourth-order valence-corrected chi connectivity index (χ4v) is 3.42. The van der Waals surface area contributed by atoms with E-state index in [9.17, 15) is 9.59 Å².